The van der Waals surface area contributed by atoms with Gasteiger partial charge in [-0.15, -0.1) is 0 Å². The Morgan fingerprint density at radius 3 is 1.48 bits per heavy atom. The zero-order chi connectivity index (χ0) is 18.6. The van der Waals surface area contributed by atoms with Gasteiger partial charge in [0, 0.05) is 36.3 Å². The lowest BCUT2D eigenvalue weighted by Gasteiger charge is -2.13. The van der Waals surface area contributed by atoms with E-state index in [0.717, 1.165) is 54.2 Å². The molecule has 0 amide bonds. The Morgan fingerprint density at radius 2 is 1.00 bits per heavy atom. The molecule has 0 bridgehead atoms. The second-order valence-electron chi connectivity index (χ2n) is 6.94. The molecule has 27 heavy (non-hydrogen) atoms. The Hall–Kier alpha value is -3.14. The van der Waals surface area contributed by atoms with Crippen LogP contribution in [0.3, 0.4) is 0 Å². The van der Waals surface area contributed by atoms with Crippen molar-refractivity contribution in [3.05, 3.63) is 83.8 Å². The number of nitrogens with zero attached hydrogens (tertiary/aromatic N) is 2. The lowest BCUT2D eigenvalue weighted by atomic mass is 10.1. The maximum atomic E-state index is 8.05. The van der Waals surface area contributed by atoms with Gasteiger partial charge in [0.25, 0.3) is 0 Å². The monoisotopic (exact) mass is 356 g/mol. The first kappa shape index (κ1) is 17.3. The van der Waals surface area contributed by atoms with Crippen molar-refractivity contribution in [2.75, 3.05) is 0 Å². The van der Waals surface area contributed by atoms with Crippen LogP contribution in [0.2, 0.25) is 0 Å². The second-order valence-corrected chi connectivity index (χ2v) is 6.94. The molecule has 4 nitrogen and oxygen atoms in total. The van der Waals surface area contributed by atoms with E-state index in [1.165, 1.54) is 0 Å². The van der Waals surface area contributed by atoms with Crippen LogP contribution in [-0.2, 0) is 13.1 Å². The zero-order valence-electron chi connectivity index (χ0n) is 15.4. The minimum Gasteiger partial charge on any atom is -0.347 e. The van der Waals surface area contributed by atoms with E-state index < -0.39 is 0 Å². The van der Waals surface area contributed by atoms with Gasteiger partial charge in [0.15, 0.2) is 0 Å². The van der Waals surface area contributed by atoms with Crippen molar-refractivity contribution in [2.45, 2.75) is 32.4 Å². The molecule has 0 aliphatic rings. The normalized spacial score (nSPS) is 11.3. The molecule has 136 valence electrons. The van der Waals surface area contributed by atoms with E-state index in [9.17, 15) is 0 Å². The van der Waals surface area contributed by atoms with Crippen molar-refractivity contribution in [3.8, 4) is 0 Å². The number of hydrogen-bond donors (Lipinski definition) is 2. The van der Waals surface area contributed by atoms with Crippen LogP contribution < -0.4 is 10.7 Å². The number of fused-ring (bicyclic) bond motifs is 2. The summed E-state index contributed by atoms with van der Waals surface area (Å²) in [5.74, 6) is 0. The first-order valence-electron chi connectivity index (χ1n) is 9.49. The van der Waals surface area contributed by atoms with Crippen molar-refractivity contribution < 1.29 is 0 Å². The second kappa shape index (κ2) is 7.62. The third-order valence-corrected chi connectivity index (χ3v) is 5.15. The fourth-order valence-corrected chi connectivity index (χ4v) is 3.70. The van der Waals surface area contributed by atoms with Crippen molar-refractivity contribution in [2.24, 2.45) is 0 Å². The summed E-state index contributed by atoms with van der Waals surface area (Å²) >= 11 is 0. The molecule has 0 fully saturated rings. The number of para-hydroxylation sites is 2. The zero-order valence-corrected chi connectivity index (χ0v) is 15.4. The standard InChI is InChI=1S/C23H24N4/c24-20-12-16-26(22-10-4-2-8-18(20)22)14-6-1-7-15-27-17-13-21(25)19-9-3-5-11-23(19)27/h2-5,8-13,16-17,24-25H,1,6-7,14-15H2. The van der Waals surface area contributed by atoms with E-state index in [4.69, 9.17) is 10.8 Å². The Bertz CT molecular complexity index is 1100. The maximum absolute atomic E-state index is 8.05. The van der Waals surface area contributed by atoms with Gasteiger partial charge in [0.05, 0.1) is 21.7 Å². The first-order valence-corrected chi connectivity index (χ1v) is 9.49. The molecule has 0 atom stereocenters. The Morgan fingerprint density at radius 1 is 0.556 bits per heavy atom. The van der Waals surface area contributed by atoms with Crippen LogP contribution in [0.15, 0.2) is 73.1 Å². The highest BCUT2D eigenvalue weighted by molar-refractivity contribution is 5.78. The third-order valence-electron chi connectivity index (χ3n) is 5.15. The van der Waals surface area contributed by atoms with Crippen LogP contribution in [0.25, 0.3) is 21.8 Å². The summed E-state index contributed by atoms with van der Waals surface area (Å²) in [7, 11) is 0. The largest absolute Gasteiger partial charge is 0.347 e. The van der Waals surface area contributed by atoms with E-state index in [1.807, 2.05) is 60.9 Å². The minimum atomic E-state index is 0.586. The maximum Gasteiger partial charge on any atom is 0.0647 e. The molecule has 2 aromatic heterocycles. The number of rotatable bonds is 6. The molecule has 2 heterocycles. The van der Waals surface area contributed by atoms with E-state index >= 15 is 0 Å². The van der Waals surface area contributed by atoms with Crippen molar-refractivity contribution in [1.29, 1.82) is 10.8 Å². The molecule has 0 radical (unpaired) electrons. The molecule has 0 spiro atoms. The minimum absolute atomic E-state index is 0.586. The van der Waals surface area contributed by atoms with Gasteiger partial charge in [-0.25, -0.2) is 0 Å². The summed E-state index contributed by atoms with van der Waals surface area (Å²) in [5, 5.41) is 19.3. The van der Waals surface area contributed by atoms with E-state index in [1.54, 1.807) is 0 Å². The van der Waals surface area contributed by atoms with Crippen LogP contribution in [0.1, 0.15) is 19.3 Å². The number of unbranched alkanes of at least 4 members (excludes halogenated alkanes) is 2. The highest BCUT2D eigenvalue weighted by atomic mass is 15.0. The Labute approximate surface area is 158 Å². The number of aryl methyl sites for hydroxylation is 2. The molecule has 4 heteroatoms. The smallest absolute Gasteiger partial charge is 0.0647 e. The predicted octanol–water partition coefficient (Wildman–Crippen LogP) is 4.43. The van der Waals surface area contributed by atoms with E-state index in [-0.39, 0.29) is 0 Å². The first-order chi connectivity index (χ1) is 13.2. The lowest BCUT2D eigenvalue weighted by molar-refractivity contribution is 0.556. The van der Waals surface area contributed by atoms with Crippen LogP contribution in [0.4, 0.5) is 0 Å². The van der Waals surface area contributed by atoms with E-state index in [0.29, 0.717) is 10.7 Å². The quantitative estimate of drug-likeness (QED) is 0.480. The van der Waals surface area contributed by atoms with Crippen LogP contribution in [0.5, 0.6) is 0 Å². The summed E-state index contributed by atoms with van der Waals surface area (Å²) in [6, 6.07) is 20.1. The average molecular weight is 356 g/mol. The number of benzene rings is 2. The highest BCUT2D eigenvalue weighted by Gasteiger charge is 2.02. The summed E-state index contributed by atoms with van der Waals surface area (Å²) in [4.78, 5) is 0. The topological polar surface area (TPSA) is 57.6 Å². The van der Waals surface area contributed by atoms with Gasteiger partial charge in [0.2, 0.25) is 0 Å². The van der Waals surface area contributed by atoms with Gasteiger partial charge >= 0.3 is 0 Å². The molecule has 0 saturated carbocycles. The molecular weight excluding hydrogens is 332 g/mol. The van der Waals surface area contributed by atoms with Crippen molar-refractivity contribution in [3.63, 3.8) is 0 Å². The number of aromatic nitrogens is 2. The molecule has 4 aromatic rings. The van der Waals surface area contributed by atoms with Gasteiger partial charge in [-0.3, -0.25) is 0 Å². The molecular formula is C23H24N4. The van der Waals surface area contributed by atoms with Crippen LogP contribution in [0, 0.1) is 10.8 Å². The van der Waals surface area contributed by atoms with Gasteiger partial charge < -0.3 is 20.0 Å². The summed E-state index contributed by atoms with van der Waals surface area (Å²) < 4.78 is 4.51. The van der Waals surface area contributed by atoms with Gasteiger partial charge in [-0.1, -0.05) is 36.4 Å². The number of pyridine rings is 2. The molecule has 4 rings (SSSR count). The van der Waals surface area contributed by atoms with E-state index in [2.05, 4.69) is 21.3 Å². The SMILES string of the molecule is N=c1ccn(CCCCCn2ccc(=N)c3ccccc32)c2ccccc12. The fourth-order valence-electron chi connectivity index (χ4n) is 3.70. The molecule has 2 aromatic carbocycles. The summed E-state index contributed by atoms with van der Waals surface area (Å²) in [6.07, 6.45) is 7.43. The van der Waals surface area contributed by atoms with Gasteiger partial charge in [0.1, 0.15) is 0 Å². The van der Waals surface area contributed by atoms with Crippen molar-refractivity contribution >= 4 is 21.8 Å². The number of nitrogens with one attached hydrogen (secondary N) is 2. The highest BCUT2D eigenvalue weighted by Crippen LogP contribution is 2.13. The molecule has 0 saturated heterocycles. The fraction of sp³-hybridized carbons (Fsp3) is 0.217. The molecule has 2 N–H and O–H groups in total. The van der Waals surface area contributed by atoms with Crippen molar-refractivity contribution in [1.82, 2.24) is 9.13 Å². The van der Waals surface area contributed by atoms with Gasteiger partial charge in [-0.05, 0) is 43.5 Å². The number of hydrogen-bond acceptors (Lipinski definition) is 2. The van der Waals surface area contributed by atoms with Gasteiger partial charge in [-0.2, -0.15) is 0 Å². The summed E-state index contributed by atoms with van der Waals surface area (Å²) in [6.45, 7) is 1.94. The Kier molecular flexibility index (Phi) is 4.88. The molecule has 0 unspecified atom stereocenters. The summed E-state index contributed by atoms with van der Waals surface area (Å²) in [5.41, 5.74) is 2.27. The third kappa shape index (κ3) is 3.56. The Balaban J connectivity index is 1.40. The lowest BCUT2D eigenvalue weighted by Crippen LogP contribution is -2.09. The molecule has 0 aliphatic carbocycles. The average Bonchev–Trinajstić information content (AvgIpc) is 2.71. The predicted molar refractivity (Wildman–Crippen MR) is 109 cm³/mol. The van der Waals surface area contributed by atoms with Crippen LogP contribution in [-0.4, -0.2) is 9.13 Å². The molecule has 0 aliphatic heterocycles. The van der Waals surface area contributed by atoms with Crippen LogP contribution >= 0.6 is 0 Å².